The maximum absolute atomic E-state index is 5.85. The second-order valence-corrected chi connectivity index (χ2v) is 4.60. The number of halogens is 1. The maximum atomic E-state index is 5.85. The fraction of sp³-hybridized carbons (Fsp3) is 0.0769. The Labute approximate surface area is 120 Å². The van der Waals surface area contributed by atoms with Crippen LogP contribution < -0.4 is 5.43 Å². The highest BCUT2D eigenvalue weighted by Gasteiger charge is 2.00. The van der Waals surface area contributed by atoms with Gasteiger partial charge in [0, 0.05) is 5.02 Å². The number of hydrazone groups is 1. The van der Waals surface area contributed by atoms with Crippen LogP contribution in [0.2, 0.25) is 5.02 Å². The number of fused-ring (bicyclic) bond motifs is 1. The Morgan fingerprint density at radius 1 is 1.20 bits per heavy atom. The van der Waals surface area contributed by atoms with E-state index in [9.17, 15) is 0 Å². The van der Waals surface area contributed by atoms with Crippen LogP contribution in [-0.2, 0) is 0 Å². The molecule has 0 aliphatic heterocycles. The van der Waals surface area contributed by atoms with E-state index in [1.54, 1.807) is 10.6 Å². The first-order chi connectivity index (χ1) is 9.72. The predicted octanol–water partition coefficient (Wildman–Crippen LogP) is 2.61. The molecule has 0 saturated heterocycles. The third-order valence-electron chi connectivity index (χ3n) is 2.76. The molecule has 0 radical (unpaired) electrons. The van der Waals surface area contributed by atoms with Crippen LogP contribution in [0.5, 0.6) is 0 Å². The Balaban J connectivity index is 1.80. The molecule has 2 aromatic heterocycles. The summed E-state index contributed by atoms with van der Waals surface area (Å²) in [6.45, 7) is 1.91. The zero-order valence-corrected chi connectivity index (χ0v) is 11.4. The molecule has 7 heteroatoms. The summed E-state index contributed by atoms with van der Waals surface area (Å²) in [4.78, 5) is 0. The summed E-state index contributed by atoms with van der Waals surface area (Å²) in [6, 6.07) is 11.1. The monoisotopic (exact) mass is 286 g/mol. The van der Waals surface area contributed by atoms with Gasteiger partial charge in [-0.05, 0) is 36.8 Å². The van der Waals surface area contributed by atoms with E-state index in [1.165, 1.54) is 6.33 Å². The van der Waals surface area contributed by atoms with Crippen LogP contribution in [0.25, 0.3) is 5.65 Å². The number of rotatable bonds is 3. The molecule has 1 aromatic carbocycles. The Morgan fingerprint density at radius 3 is 2.80 bits per heavy atom. The molecule has 0 saturated carbocycles. The smallest absolute Gasteiger partial charge is 0.177 e. The first-order valence-corrected chi connectivity index (χ1v) is 6.33. The van der Waals surface area contributed by atoms with Gasteiger partial charge in [0.05, 0.1) is 5.71 Å². The zero-order valence-electron chi connectivity index (χ0n) is 10.7. The van der Waals surface area contributed by atoms with Gasteiger partial charge in [0.1, 0.15) is 6.33 Å². The van der Waals surface area contributed by atoms with Gasteiger partial charge in [0.25, 0.3) is 0 Å². The van der Waals surface area contributed by atoms with Crippen molar-refractivity contribution in [1.29, 1.82) is 0 Å². The number of hydrogen-bond acceptors (Lipinski definition) is 5. The molecule has 20 heavy (non-hydrogen) atoms. The predicted molar refractivity (Wildman–Crippen MR) is 78.1 cm³/mol. The third-order valence-corrected chi connectivity index (χ3v) is 3.01. The van der Waals surface area contributed by atoms with Crippen LogP contribution in [-0.4, -0.2) is 25.5 Å². The van der Waals surface area contributed by atoms with Crippen LogP contribution in [0.15, 0.2) is 47.8 Å². The second kappa shape index (κ2) is 5.26. The van der Waals surface area contributed by atoms with Crippen molar-refractivity contribution in [3.8, 4) is 0 Å². The summed E-state index contributed by atoms with van der Waals surface area (Å²) in [5, 5.41) is 16.9. The number of nitrogens with one attached hydrogen (secondary N) is 1. The molecule has 0 aliphatic carbocycles. The van der Waals surface area contributed by atoms with Gasteiger partial charge < -0.3 is 0 Å². The van der Waals surface area contributed by atoms with E-state index in [-0.39, 0.29) is 0 Å². The van der Waals surface area contributed by atoms with Gasteiger partial charge in [-0.2, -0.15) is 9.62 Å². The van der Waals surface area contributed by atoms with Crippen molar-refractivity contribution in [3.05, 3.63) is 53.3 Å². The fourth-order valence-electron chi connectivity index (χ4n) is 1.68. The Hall–Kier alpha value is -2.47. The Bertz CT molecular complexity index is 762. The van der Waals surface area contributed by atoms with E-state index < -0.39 is 0 Å². The molecule has 0 unspecified atom stereocenters. The average molecular weight is 287 g/mol. The number of hydrogen-bond donors (Lipinski definition) is 1. The minimum Gasteiger partial charge on any atom is -0.260 e. The molecule has 3 rings (SSSR count). The number of nitrogens with zero attached hydrogens (tertiary/aromatic N) is 5. The highest BCUT2D eigenvalue weighted by molar-refractivity contribution is 6.30. The fourth-order valence-corrected chi connectivity index (χ4v) is 1.81. The molecular formula is C13H11ClN6. The SMILES string of the molecule is C/C(=N\Nc1ccc2nncn2n1)c1ccc(Cl)cc1. The third kappa shape index (κ3) is 2.60. The molecule has 2 heterocycles. The molecule has 1 N–H and O–H groups in total. The molecule has 6 nitrogen and oxygen atoms in total. The van der Waals surface area contributed by atoms with Gasteiger partial charge in [0.15, 0.2) is 11.5 Å². The minimum absolute atomic E-state index is 0.616. The van der Waals surface area contributed by atoms with Gasteiger partial charge in [-0.3, -0.25) is 5.43 Å². The molecule has 3 aromatic rings. The summed E-state index contributed by atoms with van der Waals surface area (Å²) in [5.74, 6) is 0.616. The zero-order chi connectivity index (χ0) is 13.9. The molecule has 100 valence electrons. The van der Waals surface area contributed by atoms with Crippen molar-refractivity contribution in [1.82, 2.24) is 19.8 Å². The molecule has 0 bridgehead atoms. The van der Waals surface area contributed by atoms with E-state index in [0.29, 0.717) is 16.5 Å². The number of anilines is 1. The van der Waals surface area contributed by atoms with Gasteiger partial charge in [-0.15, -0.1) is 15.3 Å². The molecule has 0 atom stereocenters. The van der Waals surface area contributed by atoms with Gasteiger partial charge >= 0.3 is 0 Å². The quantitative estimate of drug-likeness (QED) is 0.594. The van der Waals surface area contributed by atoms with E-state index in [0.717, 1.165) is 11.3 Å². The molecule has 0 aliphatic rings. The highest BCUT2D eigenvalue weighted by atomic mass is 35.5. The first-order valence-electron chi connectivity index (χ1n) is 5.96. The lowest BCUT2D eigenvalue weighted by molar-refractivity contribution is 0.924. The molecule has 0 amide bonds. The second-order valence-electron chi connectivity index (χ2n) is 4.17. The summed E-state index contributed by atoms with van der Waals surface area (Å²) >= 11 is 5.85. The van der Waals surface area contributed by atoms with Gasteiger partial charge in [-0.25, -0.2) is 0 Å². The number of aromatic nitrogens is 4. The van der Waals surface area contributed by atoms with Gasteiger partial charge in [-0.1, -0.05) is 23.7 Å². The van der Waals surface area contributed by atoms with Crippen molar-refractivity contribution in [3.63, 3.8) is 0 Å². The van der Waals surface area contributed by atoms with Crippen LogP contribution in [0.1, 0.15) is 12.5 Å². The molecule has 0 spiro atoms. The van der Waals surface area contributed by atoms with Crippen molar-refractivity contribution in [2.75, 3.05) is 5.43 Å². The highest BCUT2D eigenvalue weighted by Crippen LogP contribution is 2.11. The maximum Gasteiger partial charge on any atom is 0.177 e. The lowest BCUT2D eigenvalue weighted by atomic mass is 10.1. The van der Waals surface area contributed by atoms with Crippen LogP contribution in [0.3, 0.4) is 0 Å². The lowest BCUT2D eigenvalue weighted by Gasteiger charge is -2.03. The van der Waals surface area contributed by atoms with Crippen LogP contribution in [0, 0.1) is 0 Å². The van der Waals surface area contributed by atoms with Crippen LogP contribution in [0.4, 0.5) is 5.82 Å². The summed E-state index contributed by atoms with van der Waals surface area (Å²) in [7, 11) is 0. The van der Waals surface area contributed by atoms with Crippen molar-refractivity contribution in [2.45, 2.75) is 6.92 Å². The van der Waals surface area contributed by atoms with E-state index in [1.807, 2.05) is 37.3 Å². The largest absolute Gasteiger partial charge is 0.260 e. The van der Waals surface area contributed by atoms with Crippen molar-refractivity contribution < 1.29 is 0 Å². The minimum atomic E-state index is 0.616. The lowest BCUT2D eigenvalue weighted by Crippen LogP contribution is -2.02. The summed E-state index contributed by atoms with van der Waals surface area (Å²) < 4.78 is 1.58. The topological polar surface area (TPSA) is 67.5 Å². The molecular weight excluding hydrogens is 276 g/mol. The van der Waals surface area contributed by atoms with E-state index >= 15 is 0 Å². The van der Waals surface area contributed by atoms with Crippen molar-refractivity contribution >= 4 is 28.8 Å². The average Bonchev–Trinajstić information content (AvgIpc) is 2.93. The molecule has 0 fully saturated rings. The summed E-state index contributed by atoms with van der Waals surface area (Å²) in [5.41, 5.74) is 5.43. The van der Waals surface area contributed by atoms with E-state index in [4.69, 9.17) is 11.6 Å². The van der Waals surface area contributed by atoms with Crippen LogP contribution >= 0.6 is 11.6 Å². The first kappa shape index (κ1) is 12.6. The van der Waals surface area contributed by atoms with Gasteiger partial charge in [0.2, 0.25) is 0 Å². The van der Waals surface area contributed by atoms with Crippen molar-refractivity contribution in [2.24, 2.45) is 5.10 Å². The summed E-state index contributed by atoms with van der Waals surface area (Å²) in [6.07, 6.45) is 1.54. The Morgan fingerprint density at radius 2 is 2.00 bits per heavy atom. The van der Waals surface area contributed by atoms with E-state index in [2.05, 4.69) is 25.8 Å². The standard InChI is InChI=1S/C13H11ClN6/c1-9(10-2-4-11(14)5-3-10)16-17-12-6-7-13-18-15-8-20(13)19-12/h2-8H,1H3,(H,17,19)/b16-9+. The normalized spacial score (nSPS) is 11.8. The number of benzene rings is 1. The Kier molecular flexibility index (Phi) is 3.30.